The van der Waals surface area contributed by atoms with Gasteiger partial charge in [0.15, 0.2) is 0 Å². The maximum Gasteiger partial charge on any atom is 0.225 e. The Morgan fingerprint density at radius 1 is 1.23 bits per heavy atom. The molecular weight excluding hydrogens is 276 g/mol. The fourth-order valence-electron chi connectivity index (χ4n) is 2.78. The monoisotopic (exact) mass is 298 g/mol. The van der Waals surface area contributed by atoms with Gasteiger partial charge in [0, 0.05) is 37.3 Å². The van der Waals surface area contributed by atoms with Crippen LogP contribution in [0.2, 0.25) is 0 Å². The van der Waals surface area contributed by atoms with E-state index in [2.05, 4.69) is 16.0 Å². The molecule has 1 aromatic heterocycles. The number of piperidine rings is 1. The number of anilines is 1. The van der Waals surface area contributed by atoms with Crippen LogP contribution in [0.3, 0.4) is 0 Å². The minimum Gasteiger partial charge on any atom is -0.496 e. The number of hydrogen-bond acceptors (Lipinski definition) is 5. The second-order valence-corrected chi connectivity index (χ2v) is 5.66. The Balaban J connectivity index is 1.76. The highest BCUT2D eigenvalue weighted by Gasteiger charge is 2.18. The summed E-state index contributed by atoms with van der Waals surface area (Å²) in [6.07, 6.45) is 4.58. The number of aromatic nitrogens is 2. The first-order valence-electron chi connectivity index (χ1n) is 7.70. The van der Waals surface area contributed by atoms with Crippen LogP contribution in [0.25, 0.3) is 0 Å². The van der Waals surface area contributed by atoms with Gasteiger partial charge in [-0.05, 0) is 25.0 Å². The van der Waals surface area contributed by atoms with Crippen LogP contribution in [-0.4, -0.2) is 36.2 Å². The Bertz CT molecular complexity index is 624. The maximum atomic E-state index is 5.96. The first kappa shape index (κ1) is 14.8. The molecule has 0 unspecified atom stereocenters. The minimum atomic E-state index is 0.313. The molecule has 5 heteroatoms. The molecule has 0 aliphatic carbocycles. The van der Waals surface area contributed by atoms with Gasteiger partial charge in [-0.3, -0.25) is 0 Å². The van der Waals surface area contributed by atoms with Gasteiger partial charge in [-0.1, -0.05) is 18.2 Å². The number of para-hydroxylation sites is 1. The average molecular weight is 298 g/mol. The van der Waals surface area contributed by atoms with Crippen molar-refractivity contribution < 1.29 is 4.74 Å². The molecule has 1 fully saturated rings. The van der Waals surface area contributed by atoms with Crippen molar-refractivity contribution in [2.24, 2.45) is 5.73 Å². The summed E-state index contributed by atoms with van der Waals surface area (Å²) >= 11 is 0. The van der Waals surface area contributed by atoms with E-state index < -0.39 is 0 Å². The molecule has 1 saturated heterocycles. The van der Waals surface area contributed by atoms with Crippen LogP contribution in [0, 0.1) is 0 Å². The van der Waals surface area contributed by atoms with Gasteiger partial charge >= 0.3 is 0 Å². The predicted octanol–water partition coefficient (Wildman–Crippen LogP) is 2.00. The Labute approximate surface area is 131 Å². The first-order valence-corrected chi connectivity index (χ1v) is 7.70. The lowest BCUT2D eigenvalue weighted by Gasteiger charge is -2.30. The standard InChI is InChI=1S/C17H22N4O/c1-22-16-5-3-2-4-13(16)12-15-6-9-19-17(20-15)21-10-7-14(18)8-11-21/h2-6,9,14H,7-8,10-12,18H2,1H3. The summed E-state index contributed by atoms with van der Waals surface area (Å²) in [5, 5.41) is 0. The Morgan fingerprint density at radius 3 is 2.77 bits per heavy atom. The van der Waals surface area contributed by atoms with Crippen molar-refractivity contribution in [1.82, 2.24) is 9.97 Å². The van der Waals surface area contributed by atoms with E-state index in [1.54, 1.807) is 7.11 Å². The number of methoxy groups -OCH3 is 1. The van der Waals surface area contributed by atoms with E-state index in [0.717, 1.165) is 55.3 Å². The molecule has 2 N–H and O–H groups in total. The van der Waals surface area contributed by atoms with E-state index in [0.29, 0.717) is 6.04 Å². The molecule has 5 nitrogen and oxygen atoms in total. The van der Waals surface area contributed by atoms with E-state index in [9.17, 15) is 0 Å². The average Bonchev–Trinajstić information content (AvgIpc) is 2.56. The van der Waals surface area contributed by atoms with Crippen LogP contribution < -0.4 is 15.4 Å². The quantitative estimate of drug-likeness (QED) is 0.935. The van der Waals surface area contributed by atoms with Gasteiger partial charge in [0.1, 0.15) is 5.75 Å². The third kappa shape index (κ3) is 3.36. The molecule has 0 radical (unpaired) electrons. The minimum absolute atomic E-state index is 0.313. The smallest absolute Gasteiger partial charge is 0.225 e. The molecule has 1 aliphatic heterocycles. The Hall–Kier alpha value is -2.14. The Morgan fingerprint density at radius 2 is 2.00 bits per heavy atom. The molecule has 0 amide bonds. The molecule has 1 aliphatic rings. The molecule has 1 aromatic carbocycles. The number of rotatable bonds is 4. The zero-order chi connectivity index (χ0) is 15.4. The molecule has 3 rings (SSSR count). The third-order valence-corrected chi connectivity index (χ3v) is 4.09. The number of benzene rings is 1. The molecule has 2 aromatic rings. The van der Waals surface area contributed by atoms with Gasteiger partial charge in [-0.2, -0.15) is 0 Å². The summed E-state index contributed by atoms with van der Waals surface area (Å²) in [7, 11) is 1.70. The predicted molar refractivity (Wildman–Crippen MR) is 87.3 cm³/mol. The lowest BCUT2D eigenvalue weighted by molar-refractivity contribution is 0.410. The zero-order valence-corrected chi connectivity index (χ0v) is 12.9. The van der Waals surface area contributed by atoms with Crippen molar-refractivity contribution in [3.8, 4) is 5.75 Å². The number of ether oxygens (including phenoxy) is 1. The van der Waals surface area contributed by atoms with Crippen molar-refractivity contribution in [2.45, 2.75) is 25.3 Å². The van der Waals surface area contributed by atoms with Crippen molar-refractivity contribution in [3.63, 3.8) is 0 Å². The van der Waals surface area contributed by atoms with Gasteiger partial charge in [0.2, 0.25) is 5.95 Å². The topological polar surface area (TPSA) is 64.3 Å². The van der Waals surface area contributed by atoms with Crippen molar-refractivity contribution >= 4 is 5.95 Å². The fraction of sp³-hybridized carbons (Fsp3) is 0.412. The van der Waals surface area contributed by atoms with Crippen LogP contribution in [0.4, 0.5) is 5.95 Å². The van der Waals surface area contributed by atoms with Crippen LogP contribution in [0.5, 0.6) is 5.75 Å². The highest BCUT2D eigenvalue weighted by Crippen LogP contribution is 2.21. The summed E-state index contributed by atoms with van der Waals surface area (Å²) in [6.45, 7) is 1.86. The second-order valence-electron chi connectivity index (χ2n) is 5.66. The molecule has 116 valence electrons. The summed E-state index contributed by atoms with van der Waals surface area (Å²) < 4.78 is 5.41. The maximum absolute atomic E-state index is 5.96. The summed E-state index contributed by atoms with van der Waals surface area (Å²) in [5.74, 6) is 1.70. The lowest BCUT2D eigenvalue weighted by atomic mass is 10.1. The SMILES string of the molecule is COc1ccccc1Cc1ccnc(N2CCC(N)CC2)n1. The van der Waals surface area contributed by atoms with Gasteiger partial charge in [0.25, 0.3) is 0 Å². The fourth-order valence-corrected chi connectivity index (χ4v) is 2.78. The highest BCUT2D eigenvalue weighted by molar-refractivity contribution is 5.38. The van der Waals surface area contributed by atoms with Crippen LogP contribution in [0.15, 0.2) is 36.5 Å². The number of nitrogens with zero attached hydrogens (tertiary/aromatic N) is 3. The highest BCUT2D eigenvalue weighted by atomic mass is 16.5. The van der Waals surface area contributed by atoms with E-state index in [4.69, 9.17) is 15.5 Å². The van der Waals surface area contributed by atoms with E-state index in [1.807, 2.05) is 30.5 Å². The van der Waals surface area contributed by atoms with E-state index in [-0.39, 0.29) is 0 Å². The summed E-state index contributed by atoms with van der Waals surface area (Å²) in [5.41, 5.74) is 8.10. The van der Waals surface area contributed by atoms with Gasteiger partial charge in [0.05, 0.1) is 12.8 Å². The Kier molecular flexibility index (Phi) is 4.53. The molecule has 22 heavy (non-hydrogen) atoms. The normalized spacial score (nSPS) is 15.8. The first-order chi connectivity index (χ1) is 10.8. The summed E-state index contributed by atoms with van der Waals surface area (Å²) in [6, 6.07) is 10.3. The van der Waals surface area contributed by atoms with Gasteiger partial charge < -0.3 is 15.4 Å². The number of hydrogen-bond donors (Lipinski definition) is 1. The van der Waals surface area contributed by atoms with Crippen molar-refractivity contribution in [1.29, 1.82) is 0 Å². The number of nitrogens with two attached hydrogens (primary N) is 1. The van der Waals surface area contributed by atoms with E-state index >= 15 is 0 Å². The van der Waals surface area contributed by atoms with Crippen LogP contribution in [0.1, 0.15) is 24.1 Å². The van der Waals surface area contributed by atoms with Gasteiger partial charge in [-0.25, -0.2) is 9.97 Å². The van der Waals surface area contributed by atoms with E-state index in [1.165, 1.54) is 0 Å². The molecule has 0 atom stereocenters. The van der Waals surface area contributed by atoms with Crippen LogP contribution >= 0.6 is 0 Å². The molecule has 0 spiro atoms. The lowest BCUT2D eigenvalue weighted by Crippen LogP contribution is -2.40. The van der Waals surface area contributed by atoms with Crippen molar-refractivity contribution in [2.75, 3.05) is 25.1 Å². The van der Waals surface area contributed by atoms with Crippen LogP contribution in [-0.2, 0) is 6.42 Å². The largest absolute Gasteiger partial charge is 0.496 e. The molecule has 0 saturated carbocycles. The zero-order valence-electron chi connectivity index (χ0n) is 12.9. The summed E-state index contributed by atoms with van der Waals surface area (Å²) in [4.78, 5) is 11.3. The second kappa shape index (κ2) is 6.75. The van der Waals surface area contributed by atoms with Gasteiger partial charge in [-0.15, -0.1) is 0 Å². The van der Waals surface area contributed by atoms with Crippen molar-refractivity contribution in [3.05, 3.63) is 47.8 Å². The molecule has 0 bridgehead atoms. The molecule has 2 heterocycles. The third-order valence-electron chi connectivity index (χ3n) is 4.09. The molecular formula is C17H22N4O.